The summed E-state index contributed by atoms with van der Waals surface area (Å²) in [5.74, 6) is -1.42. The number of ether oxygens (including phenoxy) is 1. The molecule has 1 amide bonds. The summed E-state index contributed by atoms with van der Waals surface area (Å²) in [4.78, 5) is 27.3. The van der Waals surface area contributed by atoms with Crippen molar-refractivity contribution < 1.29 is 19.4 Å². The highest BCUT2D eigenvalue weighted by Crippen LogP contribution is 2.39. The Morgan fingerprint density at radius 3 is 2.64 bits per heavy atom. The second kappa shape index (κ2) is 7.39. The fourth-order valence-corrected chi connectivity index (χ4v) is 3.64. The van der Waals surface area contributed by atoms with Gasteiger partial charge < -0.3 is 14.7 Å². The van der Waals surface area contributed by atoms with Crippen molar-refractivity contribution >= 4 is 34.6 Å². The van der Waals surface area contributed by atoms with Gasteiger partial charge in [0.05, 0.1) is 23.1 Å². The van der Waals surface area contributed by atoms with Crippen LogP contribution in [0.1, 0.15) is 21.3 Å². The third-order valence-corrected chi connectivity index (χ3v) is 5.14. The fraction of sp³-hybridized carbons (Fsp3) is 0.222. The van der Waals surface area contributed by atoms with E-state index in [1.54, 1.807) is 41.8 Å². The first kappa shape index (κ1) is 17.7. The van der Waals surface area contributed by atoms with Gasteiger partial charge in [-0.05, 0) is 29.1 Å². The molecule has 2 aromatic rings. The molecule has 3 rings (SSSR count). The molecule has 5 nitrogen and oxygen atoms in total. The van der Waals surface area contributed by atoms with Crippen LogP contribution in [0.5, 0.6) is 0 Å². The van der Waals surface area contributed by atoms with Crippen LogP contribution in [0.25, 0.3) is 0 Å². The van der Waals surface area contributed by atoms with Crippen molar-refractivity contribution in [3.05, 3.63) is 68.6 Å². The van der Waals surface area contributed by atoms with Crippen molar-refractivity contribution in [2.24, 2.45) is 0 Å². The Kier molecular flexibility index (Phi) is 5.22. The Balaban J connectivity index is 2.06. The quantitative estimate of drug-likeness (QED) is 0.781. The van der Waals surface area contributed by atoms with E-state index in [0.717, 1.165) is 0 Å². The Morgan fingerprint density at radius 2 is 2.04 bits per heavy atom. The number of amides is 1. The first-order chi connectivity index (χ1) is 12.0. The van der Waals surface area contributed by atoms with Crippen molar-refractivity contribution in [2.45, 2.75) is 6.04 Å². The molecule has 2 heterocycles. The molecular formula is C18H16ClNO4S. The van der Waals surface area contributed by atoms with Gasteiger partial charge in [0, 0.05) is 18.7 Å². The minimum atomic E-state index is -0.672. The molecule has 0 fully saturated rings. The predicted molar refractivity (Wildman–Crippen MR) is 96.1 cm³/mol. The summed E-state index contributed by atoms with van der Waals surface area (Å²) in [7, 11) is 1.53. The number of aliphatic hydroxyl groups excluding tert-OH is 1. The number of carbonyl (C=O) groups is 2. The standard InChI is InChI=1S/C18H16ClNO4S/c1-24-9-8-20-15(11-4-6-12(19)7-5-11)14(17(22)18(20)23)16(21)13-3-2-10-25-13/h2-7,10,15,22H,8-9H2,1H3. The molecular weight excluding hydrogens is 362 g/mol. The number of aliphatic hydroxyl groups is 1. The van der Waals surface area contributed by atoms with Crippen LogP contribution in [0.4, 0.5) is 0 Å². The van der Waals surface area contributed by atoms with Crippen LogP contribution >= 0.6 is 22.9 Å². The van der Waals surface area contributed by atoms with Gasteiger partial charge in [0.15, 0.2) is 5.76 Å². The van der Waals surface area contributed by atoms with Crippen LogP contribution in [0.15, 0.2) is 53.1 Å². The number of rotatable bonds is 6. The van der Waals surface area contributed by atoms with Gasteiger partial charge in [-0.3, -0.25) is 9.59 Å². The summed E-state index contributed by atoms with van der Waals surface area (Å²) in [6, 6.07) is 9.65. The van der Waals surface area contributed by atoms with Crippen molar-refractivity contribution in [3.63, 3.8) is 0 Å². The topological polar surface area (TPSA) is 66.8 Å². The number of hydrogen-bond donors (Lipinski definition) is 1. The summed E-state index contributed by atoms with van der Waals surface area (Å²) in [6.45, 7) is 0.553. The number of Topliss-reactive ketones (excluding diaryl/α,β-unsaturated/α-hetero) is 1. The number of carbonyl (C=O) groups excluding carboxylic acids is 2. The highest BCUT2D eigenvalue weighted by Gasteiger charge is 2.43. The van der Waals surface area contributed by atoms with Gasteiger partial charge in [0.2, 0.25) is 5.78 Å². The summed E-state index contributed by atoms with van der Waals surface area (Å²) in [6.07, 6.45) is 0. The summed E-state index contributed by atoms with van der Waals surface area (Å²) >= 11 is 7.22. The van der Waals surface area contributed by atoms with Gasteiger partial charge in [-0.1, -0.05) is 29.8 Å². The fourth-order valence-electron chi connectivity index (χ4n) is 2.84. The Hall–Kier alpha value is -2.15. The first-order valence-electron chi connectivity index (χ1n) is 7.61. The Labute approximate surface area is 154 Å². The molecule has 1 N–H and O–H groups in total. The molecule has 7 heteroatoms. The van der Waals surface area contributed by atoms with E-state index in [9.17, 15) is 14.7 Å². The van der Waals surface area contributed by atoms with Crippen molar-refractivity contribution in [3.8, 4) is 0 Å². The molecule has 1 atom stereocenters. The zero-order chi connectivity index (χ0) is 18.0. The summed E-state index contributed by atoms with van der Waals surface area (Å²) in [5.41, 5.74) is 0.795. The van der Waals surface area contributed by atoms with Crippen LogP contribution < -0.4 is 0 Å². The number of ketones is 1. The maximum Gasteiger partial charge on any atom is 0.290 e. The highest BCUT2D eigenvalue weighted by molar-refractivity contribution is 7.12. The lowest BCUT2D eigenvalue weighted by molar-refractivity contribution is -0.130. The number of nitrogens with zero attached hydrogens (tertiary/aromatic N) is 1. The molecule has 0 bridgehead atoms. The normalized spacial score (nSPS) is 17.4. The molecule has 1 aromatic heterocycles. The van der Waals surface area contributed by atoms with E-state index in [2.05, 4.69) is 0 Å². The van der Waals surface area contributed by atoms with Gasteiger partial charge in [-0.15, -0.1) is 11.3 Å². The van der Waals surface area contributed by atoms with Crippen molar-refractivity contribution in [1.82, 2.24) is 4.90 Å². The predicted octanol–water partition coefficient (Wildman–Crippen LogP) is 3.63. The summed E-state index contributed by atoms with van der Waals surface area (Å²) in [5, 5.41) is 12.7. The van der Waals surface area contributed by atoms with E-state index in [1.807, 2.05) is 0 Å². The number of methoxy groups -OCH3 is 1. The molecule has 0 saturated carbocycles. The number of hydrogen-bond acceptors (Lipinski definition) is 5. The van der Waals surface area contributed by atoms with Crippen LogP contribution in [0.3, 0.4) is 0 Å². The van der Waals surface area contributed by atoms with E-state index in [-0.39, 0.29) is 17.9 Å². The van der Waals surface area contributed by atoms with Gasteiger partial charge in [0.25, 0.3) is 5.91 Å². The van der Waals surface area contributed by atoms with E-state index in [1.165, 1.54) is 23.3 Å². The van der Waals surface area contributed by atoms with Crippen molar-refractivity contribution in [2.75, 3.05) is 20.3 Å². The molecule has 1 unspecified atom stereocenters. The van der Waals surface area contributed by atoms with Gasteiger partial charge in [-0.25, -0.2) is 0 Å². The average molecular weight is 378 g/mol. The lowest BCUT2D eigenvalue weighted by atomic mass is 9.95. The maximum absolute atomic E-state index is 12.9. The zero-order valence-electron chi connectivity index (χ0n) is 13.4. The zero-order valence-corrected chi connectivity index (χ0v) is 15.0. The van der Waals surface area contributed by atoms with Gasteiger partial charge in [0.1, 0.15) is 0 Å². The maximum atomic E-state index is 12.9. The van der Waals surface area contributed by atoms with Crippen LogP contribution in [-0.2, 0) is 9.53 Å². The number of halogens is 1. The van der Waals surface area contributed by atoms with E-state index in [0.29, 0.717) is 22.1 Å². The third kappa shape index (κ3) is 3.33. The lowest BCUT2D eigenvalue weighted by Gasteiger charge is -2.26. The second-order valence-corrected chi connectivity index (χ2v) is 6.90. The second-order valence-electron chi connectivity index (χ2n) is 5.51. The molecule has 0 radical (unpaired) electrons. The number of thiophene rings is 1. The van der Waals surface area contributed by atoms with Crippen LogP contribution in [0.2, 0.25) is 5.02 Å². The molecule has 0 saturated heterocycles. The molecule has 1 aliphatic rings. The average Bonchev–Trinajstić information content (AvgIpc) is 3.22. The molecule has 25 heavy (non-hydrogen) atoms. The largest absolute Gasteiger partial charge is 0.503 e. The number of benzene rings is 1. The molecule has 1 aliphatic heterocycles. The first-order valence-corrected chi connectivity index (χ1v) is 8.87. The van der Waals surface area contributed by atoms with Gasteiger partial charge >= 0.3 is 0 Å². The Bertz CT molecular complexity index is 814. The van der Waals surface area contributed by atoms with Gasteiger partial charge in [-0.2, -0.15) is 0 Å². The van der Waals surface area contributed by atoms with E-state index >= 15 is 0 Å². The van der Waals surface area contributed by atoms with E-state index in [4.69, 9.17) is 16.3 Å². The molecule has 0 aliphatic carbocycles. The molecule has 130 valence electrons. The monoisotopic (exact) mass is 377 g/mol. The van der Waals surface area contributed by atoms with Crippen molar-refractivity contribution in [1.29, 1.82) is 0 Å². The van der Waals surface area contributed by atoms with Crippen LogP contribution in [0, 0.1) is 0 Å². The molecule has 0 spiro atoms. The minimum absolute atomic E-state index is 0.0888. The highest BCUT2D eigenvalue weighted by atomic mass is 35.5. The van der Waals surface area contributed by atoms with E-state index < -0.39 is 17.7 Å². The smallest absolute Gasteiger partial charge is 0.290 e. The third-order valence-electron chi connectivity index (χ3n) is 4.02. The molecule has 1 aromatic carbocycles. The van der Waals surface area contributed by atoms with Crippen LogP contribution in [-0.4, -0.2) is 42.0 Å². The Morgan fingerprint density at radius 1 is 1.32 bits per heavy atom. The minimum Gasteiger partial charge on any atom is -0.503 e. The summed E-state index contributed by atoms with van der Waals surface area (Å²) < 4.78 is 5.06. The SMILES string of the molecule is COCCN1C(=O)C(O)=C(C(=O)c2cccs2)C1c1ccc(Cl)cc1. The lowest BCUT2D eigenvalue weighted by Crippen LogP contribution is -2.33.